The Morgan fingerprint density at radius 3 is 2.87 bits per heavy atom. The minimum absolute atomic E-state index is 0.131. The fourth-order valence-electron chi connectivity index (χ4n) is 3.18. The van der Waals surface area contributed by atoms with Crippen LogP contribution in [0, 0.1) is 6.92 Å². The lowest BCUT2D eigenvalue weighted by Gasteiger charge is -2.17. The summed E-state index contributed by atoms with van der Waals surface area (Å²) in [6.45, 7) is 2.19. The van der Waals surface area contributed by atoms with Gasteiger partial charge in [0.15, 0.2) is 5.82 Å². The molecule has 3 heterocycles. The van der Waals surface area contributed by atoms with Gasteiger partial charge < -0.3 is 0 Å². The molecule has 2 aromatic heterocycles. The van der Waals surface area contributed by atoms with Gasteiger partial charge in [0.25, 0.3) is 5.91 Å². The fourth-order valence-corrected chi connectivity index (χ4v) is 3.18. The Morgan fingerprint density at radius 2 is 2.07 bits per heavy atom. The number of anilines is 1. The molecule has 0 saturated carbocycles. The number of nitrogens with one attached hydrogen (secondary N) is 1. The number of halogens is 3. The highest BCUT2D eigenvalue weighted by atomic mass is 19.4. The molecule has 30 heavy (non-hydrogen) atoms. The Labute approximate surface area is 169 Å². The summed E-state index contributed by atoms with van der Waals surface area (Å²) in [4.78, 5) is 20.5. The van der Waals surface area contributed by atoms with Crippen molar-refractivity contribution in [3.05, 3.63) is 65.6 Å². The first kappa shape index (κ1) is 19.6. The number of carbonyl (C=O) groups excluding carboxylic acids is 1. The highest BCUT2D eigenvalue weighted by Gasteiger charge is 2.31. The Kier molecular flexibility index (Phi) is 4.98. The van der Waals surface area contributed by atoms with Gasteiger partial charge in [-0.25, -0.2) is 14.6 Å². The third-order valence-corrected chi connectivity index (χ3v) is 4.52. The van der Waals surface area contributed by atoms with Gasteiger partial charge in [0.2, 0.25) is 0 Å². The van der Waals surface area contributed by atoms with Gasteiger partial charge in [-0.2, -0.15) is 13.2 Å². The maximum absolute atomic E-state index is 13.0. The van der Waals surface area contributed by atoms with Gasteiger partial charge in [-0.15, -0.1) is 5.10 Å². The second kappa shape index (κ2) is 7.62. The lowest BCUT2D eigenvalue weighted by atomic mass is 10.1. The van der Waals surface area contributed by atoms with E-state index in [-0.39, 0.29) is 17.3 Å². The lowest BCUT2D eigenvalue weighted by Crippen LogP contribution is -2.40. The maximum atomic E-state index is 13.0. The average Bonchev–Trinajstić information content (AvgIpc) is 3.33. The molecule has 0 spiro atoms. The molecular weight excluding hydrogens is 397 g/mol. The molecule has 0 radical (unpaired) electrons. The molecule has 3 aromatic rings. The number of aromatic nitrogens is 4. The average molecular weight is 414 g/mol. The number of hydrazine groups is 1. The number of amides is 1. The molecule has 1 aliphatic heterocycles. The first-order valence-electron chi connectivity index (χ1n) is 9.10. The SMILES string of the molecule is Cc1cc(-c2ncn(/C=C\C(=O)NN3CCc4cccnc43)n2)cc(C(F)(F)F)c1. The Morgan fingerprint density at radius 1 is 1.23 bits per heavy atom. The van der Waals surface area contributed by atoms with Gasteiger partial charge in [0, 0.05) is 30.6 Å². The summed E-state index contributed by atoms with van der Waals surface area (Å²) in [6.07, 6.45) is 1.95. The summed E-state index contributed by atoms with van der Waals surface area (Å²) in [7, 11) is 0. The van der Waals surface area contributed by atoms with E-state index in [4.69, 9.17) is 0 Å². The van der Waals surface area contributed by atoms with E-state index >= 15 is 0 Å². The summed E-state index contributed by atoms with van der Waals surface area (Å²) in [5, 5.41) is 5.80. The molecule has 0 fully saturated rings. The third kappa shape index (κ3) is 4.17. The third-order valence-electron chi connectivity index (χ3n) is 4.52. The smallest absolute Gasteiger partial charge is 0.268 e. The number of carbonyl (C=O) groups is 1. The number of hydrogen-bond donors (Lipinski definition) is 1. The number of hydrogen-bond acceptors (Lipinski definition) is 5. The van der Waals surface area contributed by atoms with E-state index in [1.54, 1.807) is 24.2 Å². The van der Waals surface area contributed by atoms with Crippen LogP contribution in [0.25, 0.3) is 17.6 Å². The van der Waals surface area contributed by atoms with E-state index in [2.05, 4.69) is 20.5 Å². The molecular formula is C20H17F3N6O. The largest absolute Gasteiger partial charge is 0.416 e. The predicted octanol–water partition coefficient (Wildman–Crippen LogP) is 3.23. The number of pyridine rings is 1. The van der Waals surface area contributed by atoms with Crippen LogP contribution in [0.3, 0.4) is 0 Å². The zero-order chi connectivity index (χ0) is 21.3. The summed E-state index contributed by atoms with van der Waals surface area (Å²) >= 11 is 0. The second-order valence-electron chi connectivity index (χ2n) is 6.81. The number of rotatable bonds is 4. The highest BCUT2D eigenvalue weighted by molar-refractivity contribution is 5.91. The van der Waals surface area contributed by atoms with Gasteiger partial charge >= 0.3 is 6.18 Å². The van der Waals surface area contributed by atoms with E-state index in [9.17, 15) is 18.0 Å². The molecule has 0 aliphatic carbocycles. The normalized spacial score (nSPS) is 13.7. The van der Waals surface area contributed by atoms with Crippen LogP contribution in [0.2, 0.25) is 0 Å². The Balaban J connectivity index is 1.46. The molecule has 1 N–H and O–H groups in total. The standard InChI is InChI=1S/C20H17F3N6O/c1-13-9-15(11-16(10-13)20(21,22)23)18-25-12-28(27-18)7-5-17(30)26-29-8-4-14-3-2-6-24-19(14)29/h2-3,5-7,9-12H,4,8H2,1H3,(H,26,30)/b7-5-. The molecule has 1 amide bonds. The van der Waals surface area contributed by atoms with Gasteiger partial charge in [0.1, 0.15) is 12.1 Å². The zero-order valence-electron chi connectivity index (χ0n) is 15.9. The van der Waals surface area contributed by atoms with E-state index in [0.29, 0.717) is 17.9 Å². The van der Waals surface area contributed by atoms with Crippen LogP contribution in [0.4, 0.5) is 19.0 Å². The van der Waals surface area contributed by atoms with Crippen molar-refractivity contribution in [3.63, 3.8) is 0 Å². The number of alkyl halides is 3. The van der Waals surface area contributed by atoms with Crippen molar-refractivity contribution in [3.8, 4) is 11.4 Å². The van der Waals surface area contributed by atoms with Gasteiger partial charge in [-0.05, 0) is 48.7 Å². The van der Waals surface area contributed by atoms with Crippen molar-refractivity contribution in [1.82, 2.24) is 25.2 Å². The topological polar surface area (TPSA) is 75.9 Å². The monoisotopic (exact) mass is 414 g/mol. The van der Waals surface area contributed by atoms with Gasteiger partial charge in [0.05, 0.1) is 5.56 Å². The molecule has 10 heteroatoms. The van der Waals surface area contributed by atoms with Crippen molar-refractivity contribution in [2.24, 2.45) is 0 Å². The molecule has 0 bridgehead atoms. The number of nitrogens with zero attached hydrogens (tertiary/aromatic N) is 5. The first-order valence-corrected chi connectivity index (χ1v) is 9.10. The van der Waals surface area contributed by atoms with Crippen molar-refractivity contribution >= 4 is 17.9 Å². The number of aryl methyl sites for hydroxylation is 1. The molecule has 0 atom stereocenters. The van der Waals surface area contributed by atoms with E-state index in [1.165, 1.54) is 23.3 Å². The predicted molar refractivity (Wildman–Crippen MR) is 104 cm³/mol. The molecule has 0 unspecified atom stereocenters. The maximum Gasteiger partial charge on any atom is 0.416 e. The molecule has 1 aliphatic rings. The number of fused-ring (bicyclic) bond motifs is 1. The van der Waals surface area contributed by atoms with E-state index < -0.39 is 11.7 Å². The van der Waals surface area contributed by atoms with Crippen molar-refractivity contribution in [2.75, 3.05) is 11.6 Å². The van der Waals surface area contributed by atoms with Crippen LogP contribution in [0.15, 0.2) is 48.9 Å². The van der Waals surface area contributed by atoms with Gasteiger partial charge in [-0.3, -0.25) is 15.2 Å². The van der Waals surface area contributed by atoms with Crippen molar-refractivity contribution < 1.29 is 18.0 Å². The molecule has 1 aromatic carbocycles. The minimum Gasteiger partial charge on any atom is -0.268 e. The van der Waals surface area contributed by atoms with Crippen LogP contribution in [0.5, 0.6) is 0 Å². The lowest BCUT2D eigenvalue weighted by molar-refractivity contribution is -0.137. The number of benzene rings is 1. The van der Waals surface area contributed by atoms with E-state index in [1.807, 2.05) is 12.1 Å². The van der Waals surface area contributed by atoms with Gasteiger partial charge in [-0.1, -0.05) is 6.07 Å². The summed E-state index contributed by atoms with van der Waals surface area (Å²) in [6, 6.07) is 7.44. The van der Waals surface area contributed by atoms with Crippen LogP contribution >= 0.6 is 0 Å². The Bertz CT molecular complexity index is 1120. The Hall–Kier alpha value is -3.69. The minimum atomic E-state index is -4.45. The zero-order valence-corrected chi connectivity index (χ0v) is 15.9. The quantitative estimate of drug-likeness (QED) is 0.664. The highest BCUT2D eigenvalue weighted by Crippen LogP contribution is 2.32. The van der Waals surface area contributed by atoms with Crippen LogP contribution in [-0.2, 0) is 17.4 Å². The summed E-state index contributed by atoms with van der Waals surface area (Å²) in [5.74, 6) is 0.453. The van der Waals surface area contributed by atoms with Crippen LogP contribution in [-0.4, -0.2) is 32.2 Å². The van der Waals surface area contributed by atoms with E-state index in [0.717, 1.165) is 24.1 Å². The molecule has 0 saturated heterocycles. The van der Waals surface area contributed by atoms with Crippen molar-refractivity contribution in [1.29, 1.82) is 0 Å². The molecule has 154 valence electrons. The second-order valence-corrected chi connectivity index (χ2v) is 6.81. The first-order chi connectivity index (χ1) is 14.3. The van der Waals surface area contributed by atoms with Crippen molar-refractivity contribution in [2.45, 2.75) is 19.5 Å². The molecule has 4 rings (SSSR count). The van der Waals surface area contributed by atoms with Crippen LogP contribution < -0.4 is 10.4 Å². The molecule has 7 nitrogen and oxygen atoms in total. The van der Waals surface area contributed by atoms with Crippen LogP contribution in [0.1, 0.15) is 16.7 Å². The summed E-state index contributed by atoms with van der Waals surface area (Å²) in [5.41, 5.74) is 3.73. The fraction of sp³-hybridized carbons (Fsp3) is 0.200. The summed E-state index contributed by atoms with van der Waals surface area (Å²) < 4.78 is 40.3.